The highest BCUT2D eigenvalue weighted by Gasteiger charge is 2.28. The minimum atomic E-state index is -3.30. The lowest BCUT2D eigenvalue weighted by atomic mass is 10.1. The number of hydrogen-bond acceptors (Lipinski definition) is 7. The molecular weight excluding hydrogens is 428 g/mol. The van der Waals surface area contributed by atoms with Gasteiger partial charge in [0, 0.05) is 4.88 Å². The van der Waals surface area contributed by atoms with E-state index in [1.807, 2.05) is 0 Å². The molecule has 3 amide bonds. The molecule has 2 aromatic rings. The van der Waals surface area contributed by atoms with Crippen LogP contribution < -0.4 is 10.6 Å². The van der Waals surface area contributed by atoms with E-state index in [9.17, 15) is 22.8 Å². The Morgan fingerprint density at radius 2 is 1.83 bits per heavy atom. The Morgan fingerprint density at radius 1 is 1.13 bits per heavy atom. The molecule has 10 heteroatoms. The Bertz CT molecular complexity index is 1090. The number of nitrogens with one attached hydrogen (secondary N) is 2. The van der Waals surface area contributed by atoms with Crippen molar-refractivity contribution in [3.63, 3.8) is 0 Å². The van der Waals surface area contributed by atoms with Gasteiger partial charge in [-0.05, 0) is 42.5 Å². The molecule has 1 aromatic heterocycles. The van der Waals surface area contributed by atoms with E-state index in [0.29, 0.717) is 22.5 Å². The first-order chi connectivity index (χ1) is 14.2. The predicted molar refractivity (Wildman–Crippen MR) is 113 cm³/mol. The number of anilines is 1. The second-order valence-electron chi connectivity index (χ2n) is 6.78. The summed E-state index contributed by atoms with van der Waals surface area (Å²) in [5.74, 6) is -0.939. The molecular formula is C20H22N2O6S2. The first-order valence-electron chi connectivity index (χ1n) is 9.40. The molecule has 2 N–H and O–H groups in total. The third-order valence-corrected chi connectivity index (χ3v) is 7.79. The van der Waals surface area contributed by atoms with Crippen LogP contribution in [0.15, 0.2) is 29.2 Å². The lowest BCUT2D eigenvalue weighted by Gasteiger charge is -2.09. The van der Waals surface area contributed by atoms with E-state index < -0.39 is 21.8 Å². The molecule has 1 aliphatic rings. The van der Waals surface area contributed by atoms with Crippen LogP contribution in [0, 0.1) is 0 Å². The number of carbonyl (C=O) groups is 3. The van der Waals surface area contributed by atoms with Gasteiger partial charge in [-0.1, -0.05) is 19.1 Å². The number of benzene rings is 1. The van der Waals surface area contributed by atoms with E-state index in [2.05, 4.69) is 15.4 Å². The highest BCUT2D eigenvalue weighted by molar-refractivity contribution is 7.91. The highest BCUT2D eigenvalue weighted by Crippen LogP contribution is 2.39. The maximum absolute atomic E-state index is 12.6. The van der Waals surface area contributed by atoms with E-state index in [1.54, 1.807) is 19.1 Å². The molecule has 0 fully saturated rings. The number of imide groups is 1. The molecule has 3 rings (SSSR count). The van der Waals surface area contributed by atoms with Crippen LogP contribution >= 0.6 is 11.3 Å². The number of carbonyl (C=O) groups excluding carboxylic acids is 3. The molecule has 0 saturated heterocycles. The van der Waals surface area contributed by atoms with Crippen LogP contribution in [0.5, 0.6) is 0 Å². The third-order valence-electron chi connectivity index (χ3n) is 4.83. The standard InChI is InChI=1S/C20H22N2O6S2/c1-3-30(26,27)13-9-7-12(8-10-13)11-16(23)21-19-17(18(24)22-20(25)28-2)14-5-4-6-15(14)29-19/h7-10H,3-6,11H2,1-2H3,(H,21,23)(H,22,24,25). The average molecular weight is 451 g/mol. The van der Waals surface area contributed by atoms with Crippen LogP contribution in [0.3, 0.4) is 0 Å². The molecule has 0 aliphatic heterocycles. The summed E-state index contributed by atoms with van der Waals surface area (Å²) >= 11 is 1.34. The SMILES string of the molecule is CCS(=O)(=O)c1ccc(CC(=O)Nc2sc3c(c2C(=O)NC(=O)OC)CCC3)cc1. The Morgan fingerprint density at radius 3 is 2.47 bits per heavy atom. The molecule has 0 radical (unpaired) electrons. The van der Waals surface area contributed by atoms with E-state index in [0.717, 1.165) is 23.3 Å². The maximum atomic E-state index is 12.6. The molecule has 1 aliphatic carbocycles. The zero-order valence-corrected chi connectivity index (χ0v) is 18.2. The molecule has 1 heterocycles. The number of amides is 3. The van der Waals surface area contributed by atoms with Gasteiger partial charge in [-0.25, -0.2) is 13.2 Å². The normalized spacial score (nSPS) is 12.9. The fourth-order valence-electron chi connectivity index (χ4n) is 3.28. The van der Waals surface area contributed by atoms with Gasteiger partial charge in [0.25, 0.3) is 5.91 Å². The van der Waals surface area contributed by atoms with Crippen molar-refractivity contribution in [3.8, 4) is 0 Å². The fourth-order valence-corrected chi connectivity index (χ4v) is 5.46. The number of fused-ring (bicyclic) bond motifs is 1. The van der Waals surface area contributed by atoms with Crippen molar-refractivity contribution in [2.24, 2.45) is 0 Å². The summed E-state index contributed by atoms with van der Waals surface area (Å²) in [6.45, 7) is 1.57. The van der Waals surface area contributed by atoms with Crippen molar-refractivity contribution in [1.29, 1.82) is 0 Å². The minimum Gasteiger partial charge on any atom is -0.453 e. The Hall–Kier alpha value is -2.72. The smallest absolute Gasteiger partial charge is 0.413 e. The van der Waals surface area contributed by atoms with Crippen LogP contribution in [0.1, 0.15) is 39.7 Å². The van der Waals surface area contributed by atoms with Gasteiger partial charge in [0.2, 0.25) is 5.91 Å². The second kappa shape index (κ2) is 8.97. The van der Waals surface area contributed by atoms with Gasteiger partial charge in [0.05, 0.1) is 29.7 Å². The summed E-state index contributed by atoms with van der Waals surface area (Å²) in [5, 5.41) is 5.31. The van der Waals surface area contributed by atoms with Crippen LogP contribution in [0.2, 0.25) is 0 Å². The Balaban J connectivity index is 1.75. The van der Waals surface area contributed by atoms with Gasteiger partial charge in [-0.15, -0.1) is 11.3 Å². The van der Waals surface area contributed by atoms with Crippen molar-refractivity contribution in [2.45, 2.75) is 37.5 Å². The summed E-state index contributed by atoms with van der Waals surface area (Å²) in [7, 11) is -2.13. The number of hydrogen-bond donors (Lipinski definition) is 2. The highest BCUT2D eigenvalue weighted by atomic mass is 32.2. The number of alkyl carbamates (subject to hydrolysis) is 1. The zero-order valence-electron chi connectivity index (χ0n) is 16.6. The molecule has 0 unspecified atom stereocenters. The van der Waals surface area contributed by atoms with E-state index >= 15 is 0 Å². The summed E-state index contributed by atoms with van der Waals surface area (Å²) in [6.07, 6.45) is 1.60. The number of rotatable bonds is 6. The number of thiophene rings is 1. The van der Waals surface area contributed by atoms with Gasteiger partial charge in [-0.2, -0.15) is 0 Å². The number of sulfone groups is 1. The van der Waals surface area contributed by atoms with Gasteiger partial charge in [-0.3, -0.25) is 14.9 Å². The van der Waals surface area contributed by atoms with E-state index in [-0.39, 0.29) is 23.0 Å². The van der Waals surface area contributed by atoms with Gasteiger partial charge in [0.15, 0.2) is 9.84 Å². The van der Waals surface area contributed by atoms with Crippen molar-refractivity contribution in [1.82, 2.24) is 5.32 Å². The molecule has 30 heavy (non-hydrogen) atoms. The van der Waals surface area contributed by atoms with Crippen LogP contribution in [-0.2, 0) is 38.6 Å². The fraction of sp³-hybridized carbons (Fsp3) is 0.350. The van der Waals surface area contributed by atoms with Crippen molar-refractivity contribution in [3.05, 3.63) is 45.8 Å². The molecule has 0 atom stereocenters. The molecule has 0 bridgehead atoms. The quantitative estimate of drug-likeness (QED) is 0.699. The number of aryl methyl sites for hydroxylation is 1. The van der Waals surface area contributed by atoms with Crippen LogP contribution in [0.4, 0.5) is 9.80 Å². The molecule has 160 valence electrons. The summed E-state index contributed by atoms with van der Waals surface area (Å²) in [4.78, 5) is 37.8. The first kappa shape index (κ1) is 22.0. The molecule has 0 spiro atoms. The molecule has 0 saturated carbocycles. The summed E-state index contributed by atoms with van der Waals surface area (Å²) in [5.41, 5.74) is 1.80. The summed E-state index contributed by atoms with van der Waals surface area (Å²) < 4.78 is 28.3. The Labute approximate surface area is 178 Å². The zero-order chi connectivity index (χ0) is 21.9. The first-order valence-corrected chi connectivity index (χ1v) is 11.9. The van der Waals surface area contributed by atoms with Gasteiger partial charge < -0.3 is 10.1 Å². The maximum Gasteiger partial charge on any atom is 0.413 e. The van der Waals surface area contributed by atoms with Crippen molar-refractivity contribution >= 4 is 44.1 Å². The van der Waals surface area contributed by atoms with Gasteiger partial charge >= 0.3 is 6.09 Å². The molecule has 1 aromatic carbocycles. The minimum absolute atomic E-state index is 0.00624. The topological polar surface area (TPSA) is 119 Å². The number of ether oxygens (including phenoxy) is 1. The average Bonchev–Trinajstić information content (AvgIpc) is 3.28. The monoisotopic (exact) mass is 450 g/mol. The largest absolute Gasteiger partial charge is 0.453 e. The predicted octanol–water partition coefficient (Wildman–Crippen LogP) is 2.71. The third kappa shape index (κ3) is 4.71. The lowest BCUT2D eigenvalue weighted by Crippen LogP contribution is -2.31. The molecule has 8 nitrogen and oxygen atoms in total. The number of methoxy groups -OCH3 is 1. The Kier molecular flexibility index (Phi) is 6.57. The van der Waals surface area contributed by atoms with Crippen LogP contribution in [0.25, 0.3) is 0 Å². The lowest BCUT2D eigenvalue weighted by molar-refractivity contribution is -0.115. The second-order valence-corrected chi connectivity index (χ2v) is 10.2. The van der Waals surface area contributed by atoms with Crippen LogP contribution in [-0.4, -0.2) is 39.2 Å². The van der Waals surface area contributed by atoms with Gasteiger partial charge in [0.1, 0.15) is 5.00 Å². The van der Waals surface area contributed by atoms with Crippen molar-refractivity contribution < 1.29 is 27.5 Å². The van der Waals surface area contributed by atoms with E-state index in [4.69, 9.17) is 0 Å². The van der Waals surface area contributed by atoms with E-state index in [1.165, 1.54) is 30.6 Å². The van der Waals surface area contributed by atoms with Crippen molar-refractivity contribution in [2.75, 3.05) is 18.2 Å². The summed E-state index contributed by atoms with van der Waals surface area (Å²) in [6, 6.07) is 6.16.